The van der Waals surface area contributed by atoms with Gasteiger partial charge in [0.15, 0.2) is 0 Å². The Morgan fingerprint density at radius 1 is 1.50 bits per heavy atom. The van der Waals surface area contributed by atoms with E-state index in [1.54, 1.807) is 0 Å². The molecule has 1 fully saturated rings. The van der Waals surface area contributed by atoms with Crippen molar-refractivity contribution >= 4 is 29.1 Å². The van der Waals surface area contributed by atoms with Gasteiger partial charge in [-0.1, -0.05) is 0 Å². The number of carbonyl (C=O) groups is 3. The predicted octanol–water partition coefficient (Wildman–Crippen LogP) is -2.71. The van der Waals surface area contributed by atoms with Crippen LogP contribution in [0.1, 0.15) is 0 Å². The number of carbonyl (C=O) groups excluding carboxylic acids is 3. The van der Waals surface area contributed by atoms with Crippen molar-refractivity contribution in [3.8, 4) is 0 Å². The van der Waals surface area contributed by atoms with Crippen molar-refractivity contribution in [2.75, 3.05) is 6.61 Å². The van der Waals surface area contributed by atoms with E-state index in [-0.39, 0.29) is 17.2 Å². The second-order valence-corrected chi connectivity index (χ2v) is 4.16. The average molecular weight is 252 g/mol. The van der Waals surface area contributed by atoms with Crippen LogP contribution in [0.4, 0.5) is 0 Å². The minimum absolute atomic E-state index is 0.0585. The molecule has 2 amide bonds. The zero-order valence-corrected chi connectivity index (χ0v) is 8.59. The number of β-lactam (4-membered cyclic amide) rings is 1. The molecule has 0 aromatic heterocycles. The lowest BCUT2D eigenvalue weighted by molar-refractivity contribution is -0.149. The van der Waals surface area contributed by atoms with Gasteiger partial charge in [0.2, 0.25) is 6.41 Å². The van der Waals surface area contributed by atoms with E-state index in [0.717, 1.165) is 0 Å². The Morgan fingerprint density at radius 3 is 2.56 bits per heavy atom. The van der Waals surface area contributed by atoms with E-state index >= 15 is 0 Å². The fourth-order valence-corrected chi connectivity index (χ4v) is 2.23. The van der Waals surface area contributed by atoms with Gasteiger partial charge in [0.05, 0.1) is 0 Å². The highest BCUT2D eigenvalue weighted by molar-refractivity contribution is 7.84. The van der Waals surface area contributed by atoms with E-state index in [0.29, 0.717) is 0 Å². The minimum atomic E-state index is -4.71. The summed E-state index contributed by atoms with van der Waals surface area (Å²) in [6, 6.07) is -2.25. The fourth-order valence-electron chi connectivity index (χ4n) is 1.36. The van der Waals surface area contributed by atoms with Gasteiger partial charge in [-0.2, -0.15) is 8.42 Å². The highest BCUT2D eigenvalue weighted by Gasteiger charge is 2.53. The summed E-state index contributed by atoms with van der Waals surface area (Å²) in [6.45, 7) is -0.385. The molecule has 0 saturated carbocycles. The van der Waals surface area contributed by atoms with Gasteiger partial charge in [0.25, 0.3) is 12.4 Å². The quantitative estimate of drug-likeness (QED) is 0.298. The molecule has 0 radical (unpaired) electrons. The Balaban J connectivity index is 2.82. The van der Waals surface area contributed by atoms with Gasteiger partial charge in [-0.3, -0.25) is 18.9 Å². The third-order valence-corrected chi connectivity index (χ3v) is 2.95. The van der Waals surface area contributed by atoms with E-state index in [1.807, 2.05) is 5.32 Å². The Kier molecular flexibility index (Phi) is 3.44. The van der Waals surface area contributed by atoms with Crippen molar-refractivity contribution in [1.82, 2.24) is 9.62 Å². The van der Waals surface area contributed by atoms with Crippen LogP contribution in [0, 0.1) is 0 Å². The number of rotatable bonds is 6. The second kappa shape index (κ2) is 4.45. The van der Waals surface area contributed by atoms with Crippen LogP contribution in [0.15, 0.2) is 0 Å². The average Bonchev–Trinajstić information content (AvgIpc) is 2.18. The van der Waals surface area contributed by atoms with E-state index in [9.17, 15) is 22.8 Å². The SMILES string of the molecule is O=CNC1C(=O)N(S(=O)(=O)O)C1COC=O. The fraction of sp³-hybridized carbons (Fsp3) is 0.500. The van der Waals surface area contributed by atoms with Crippen LogP contribution >= 0.6 is 0 Å². The summed E-state index contributed by atoms with van der Waals surface area (Å²) in [7, 11) is -4.71. The molecule has 1 aliphatic heterocycles. The number of ether oxygens (including phenoxy) is 1. The molecule has 10 heteroatoms. The molecule has 1 rings (SSSR count). The molecular weight excluding hydrogens is 244 g/mol. The molecule has 9 nitrogen and oxygen atoms in total. The standard InChI is InChI=1S/C6H8N2O7S/c9-2-7-5-4(1-15-3-10)8(6(5)11)16(12,13)14/h2-5H,1H2,(H,7,9)(H,12,13,14). The first kappa shape index (κ1) is 12.4. The Hall–Kier alpha value is -1.68. The highest BCUT2D eigenvalue weighted by Crippen LogP contribution is 2.23. The number of hydrogen-bond donors (Lipinski definition) is 2. The maximum Gasteiger partial charge on any atom is 0.362 e. The molecule has 90 valence electrons. The lowest BCUT2D eigenvalue weighted by Crippen LogP contribution is -2.72. The van der Waals surface area contributed by atoms with Gasteiger partial charge in [-0.25, -0.2) is 4.31 Å². The number of nitrogens with zero attached hydrogens (tertiary/aromatic N) is 1. The summed E-state index contributed by atoms with van der Waals surface area (Å²) >= 11 is 0. The van der Waals surface area contributed by atoms with Gasteiger partial charge >= 0.3 is 10.3 Å². The van der Waals surface area contributed by atoms with E-state index in [4.69, 9.17) is 4.55 Å². The van der Waals surface area contributed by atoms with Crippen LogP contribution in [0.2, 0.25) is 0 Å². The normalized spacial score (nSPS) is 24.6. The third kappa shape index (κ3) is 2.12. The Bertz CT molecular complexity index is 405. The molecule has 2 N–H and O–H groups in total. The van der Waals surface area contributed by atoms with Gasteiger partial charge in [-0.15, -0.1) is 0 Å². The van der Waals surface area contributed by atoms with E-state index < -0.39 is 34.9 Å². The van der Waals surface area contributed by atoms with Crippen molar-refractivity contribution in [3.05, 3.63) is 0 Å². The first-order valence-corrected chi connectivity index (χ1v) is 5.38. The third-order valence-electron chi connectivity index (χ3n) is 2.00. The summed E-state index contributed by atoms with van der Waals surface area (Å²) in [5.74, 6) is -0.992. The van der Waals surface area contributed by atoms with Gasteiger partial charge in [-0.05, 0) is 0 Å². The Morgan fingerprint density at radius 2 is 2.12 bits per heavy atom. The summed E-state index contributed by atoms with van der Waals surface area (Å²) in [4.78, 5) is 31.2. The molecule has 0 aliphatic carbocycles. The lowest BCUT2D eigenvalue weighted by Gasteiger charge is -2.42. The van der Waals surface area contributed by atoms with Gasteiger partial charge in [0, 0.05) is 0 Å². The molecule has 1 aliphatic rings. The van der Waals surface area contributed by atoms with Crippen LogP contribution in [-0.2, 0) is 29.4 Å². The molecule has 0 bridgehead atoms. The van der Waals surface area contributed by atoms with Crippen LogP contribution in [0.25, 0.3) is 0 Å². The summed E-state index contributed by atoms with van der Waals surface area (Å²) < 4.78 is 34.6. The van der Waals surface area contributed by atoms with Crippen LogP contribution in [0.3, 0.4) is 0 Å². The van der Waals surface area contributed by atoms with E-state index in [1.165, 1.54) is 0 Å². The van der Waals surface area contributed by atoms with Crippen molar-refractivity contribution in [3.63, 3.8) is 0 Å². The zero-order chi connectivity index (χ0) is 12.3. The van der Waals surface area contributed by atoms with Crippen molar-refractivity contribution < 1.29 is 32.1 Å². The van der Waals surface area contributed by atoms with Crippen molar-refractivity contribution in [1.29, 1.82) is 0 Å². The molecule has 2 unspecified atom stereocenters. The van der Waals surface area contributed by atoms with E-state index in [2.05, 4.69) is 4.74 Å². The lowest BCUT2D eigenvalue weighted by atomic mass is 10.0. The topological polar surface area (TPSA) is 130 Å². The monoisotopic (exact) mass is 252 g/mol. The van der Waals surface area contributed by atoms with Crippen LogP contribution in [-0.4, -0.2) is 54.8 Å². The van der Waals surface area contributed by atoms with Crippen molar-refractivity contribution in [2.24, 2.45) is 0 Å². The molecule has 0 spiro atoms. The first-order valence-electron chi connectivity index (χ1n) is 3.99. The largest absolute Gasteiger partial charge is 0.466 e. The molecule has 2 atom stereocenters. The van der Waals surface area contributed by atoms with Crippen LogP contribution in [0.5, 0.6) is 0 Å². The van der Waals surface area contributed by atoms with Crippen LogP contribution < -0.4 is 5.32 Å². The number of nitrogens with one attached hydrogen (secondary N) is 1. The number of hydrogen-bond acceptors (Lipinski definition) is 6. The van der Waals surface area contributed by atoms with Crippen molar-refractivity contribution in [2.45, 2.75) is 12.1 Å². The first-order chi connectivity index (χ1) is 7.43. The molecule has 16 heavy (non-hydrogen) atoms. The molecule has 0 aromatic carbocycles. The number of amides is 2. The second-order valence-electron chi connectivity index (χ2n) is 2.87. The van der Waals surface area contributed by atoms with Gasteiger partial charge in [0.1, 0.15) is 18.7 Å². The molecular formula is C6H8N2O7S. The zero-order valence-electron chi connectivity index (χ0n) is 7.77. The Labute approximate surface area is 90.2 Å². The maximum atomic E-state index is 11.2. The highest BCUT2D eigenvalue weighted by atomic mass is 32.2. The van der Waals surface area contributed by atoms with Gasteiger partial charge < -0.3 is 10.1 Å². The maximum absolute atomic E-state index is 11.2. The molecule has 1 saturated heterocycles. The molecule has 0 aromatic rings. The summed E-state index contributed by atoms with van der Waals surface area (Å²) in [6.07, 6.45) is 0.206. The minimum Gasteiger partial charge on any atom is -0.466 e. The summed E-state index contributed by atoms with van der Waals surface area (Å²) in [5, 5.41) is 2.05. The molecule has 1 heterocycles. The smallest absolute Gasteiger partial charge is 0.362 e. The predicted molar refractivity (Wildman–Crippen MR) is 47.2 cm³/mol. The summed E-state index contributed by atoms with van der Waals surface area (Å²) in [5.41, 5.74) is 0.